The van der Waals surface area contributed by atoms with E-state index in [4.69, 9.17) is 0 Å². The zero-order valence-corrected chi connectivity index (χ0v) is 15.0. The number of hydrogen-bond acceptors (Lipinski definition) is 2. The van der Waals surface area contributed by atoms with Gasteiger partial charge in [-0.15, -0.1) is 0 Å². The fraction of sp³-hybridized carbons (Fsp3) is 0.455. The summed E-state index contributed by atoms with van der Waals surface area (Å²) in [4.78, 5) is 0. The third kappa shape index (κ3) is 4.68. The quantitative estimate of drug-likeness (QED) is 0.818. The second kappa shape index (κ2) is 8.46. The van der Waals surface area contributed by atoms with Crippen LogP contribution in [-0.4, -0.2) is 12.1 Å². The maximum Gasteiger partial charge on any atom is 0.0224 e. The minimum absolute atomic E-state index is 0.573. The maximum atomic E-state index is 3.81. The Kier molecular flexibility index (Phi) is 6.06. The van der Waals surface area contributed by atoms with Crippen molar-refractivity contribution in [1.82, 2.24) is 10.6 Å². The van der Waals surface area contributed by atoms with E-state index in [2.05, 4.69) is 73.0 Å². The van der Waals surface area contributed by atoms with Gasteiger partial charge in [0.2, 0.25) is 0 Å². The third-order valence-corrected chi connectivity index (χ3v) is 5.27. The van der Waals surface area contributed by atoms with E-state index < -0.39 is 0 Å². The number of rotatable bonds is 6. The molecule has 2 atom stereocenters. The summed E-state index contributed by atoms with van der Waals surface area (Å²) in [6.45, 7) is 6.28. The van der Waals surface area contributed by atoms with Crippen molar-refractivity contribution in [3.05, 3.63) is 70.8 Å². The molecule has 0 aliphatic heterocycles. The molecule has 2 N–H and O–H groups in total. The van der Waals surface area contributed by atoms with Crippen molar-refractivity contribution in [3.8, 4) is 0 Å². The van der Waals surface area contributed by atoms with Gasteiger partial charge in [0.25, 0.3) is 0 Å². The van der Waals surface area contributed by atoms with Gasteiger partial charge in [0.05, 0.1) is 0 Å². The van der Waals surface area contributed by atoms with Gasteiger partial charge in [-0.05, 0) is 43.4 Å². The summed E-state index contributed by atoms with van der Waals surface area (Å²) < 4.78 is 0. The van der Waals surface area contributed by atoms with E-state index in [0.29, 0.717) is 12.1 Å². The Morgan fingerprint density at radius 1 is 0.792 bits per heavy atom. The van der Waals surface area contributed by atoms with Gasteiger partial charge in [0, 0.05) is 25.2 Å². The van der Waals surface area contributed by atoms with Gasteiger partial charge in [-0.1, -0.05) is 66.9 Å². The molecule has 1 aliphatic rings. The molecule has 24 heavy (non-hydrogen) atoms. The second-order valence-corrected chi connectivity index (χ2v) is 7.17. The van der Waals surface area contributed by atoms with Gasteiger partial charge >= 0.3 is 0 Å². The molecule has 128 valence electrons. The Hall–Kier alpha value is -1.64. The Labute approximate surface area is 146 Å². The second-order valence-electron chi connectivity index (χ2n) is 7.17. The van der Waals surface area contributed by atoms with Crippen LogP contribution < -0.4 is 10.6 Å². The summed E-state index contributed by atoms with van der Waals surface area (Å²) >= 11 is 0. The highest BCUT2D eigenvalue weighted by Crippen LogP contribution is 2.20. The summed E-state index contributed by atoms with van der Waals surface area (Å²) in [7, 11) is 0. The highest BCUT2D eigenvalue weighted by Gasteiger charge is 2.24. The molecule has 0 bridgehead atoms. The molecule has 0 aromatic heterocycles. The van der Waals surface area contributed by atoms with Gasteiger partial charge in [0.1, 0.15) is 0 Å². The van der Waals surface area contributed by atoms with Gasteiger partial charge in [-0.3, -0.25) is 0 Å². The van der Waals surface area contributed by atoms with Crippen molar-refractivity contribution >= 4 is 0 Å². The van der Waals surface area contributed by atoms with Crippen LogP contribution in [0.25, 0.3) is 0 Å². The molecule has 0 saturated heterocycles. The van der Waals surface area contributed by atoms with E-state index in [0.717, 1.165) is 13.1 Å². The molecule has 1 fully saturated rings. The van der Waals surface area contributed by atoms with Gasteiger partial charge < -0.3 is 10.6 Å². The minimum Gasteiger partial charge on any atom is -0.308 e. The first-order valence-electron chi connectivity index (χ1n) is 9.29. The predicted molar refractivity (Wildman–Crippen MR) is 102 cm³/mol. The molecule has 2 nitrogen and oxygen atoms in total. The van der Waals surface area contributed by atoms with E-state index >= 15 is 0 Å². The van der Waals surface area contributed by atoms with Crippen LogP contribution in [0, 0.1) is 13.8 Å². The molecule has 2 aromatic rings. The lowest BCUT2D eigenvalue weighted by Crippen LogP contribution is -2.49. The summed E-state index contributed by atoms with van der Waals surface area (Å²) in [5, 5.41) is 7.61. The molecule has 1 saturated carbocycles. The number of nitrogens with one attached hydrogen (secondary N) is 2. The van der Waals surface area contributed by atoms with E-state index in [1.165, 1.54) is 47.9 Å². The molecule has 0 spiro atoms. The van der Waals surface area contributed by atoms with Crippen LogP contribution in [0.1, 0.15) is 47.9 Å². The monoisotopic (exact) mass is 322 g/mol. The molecule has 2 aromatic carbocycles. The average Bonchev–Trinajstić information content (AvgIpc) is 2.61. The van der Waals surface area contributed by atoms with E-state index in [9.17, 15) is 0 Å². The zero-order valence-electron chi connectivity index (χ0n) is 15.0. The van der Waals surface area contributed by atoms with Gasteiger partial charge in [-0.25, -0.2) is 0 Å². The lowest BCUT2D eigenvalue weighted by Gasteiger charge is -2.33. The topological polar surface area (TPSA) is 24.1 Å². The molecular formula is C22H30N2. The Morgan fingerprint density at radius 3 is 2.08 bits per heavy atom. The van der Waals surface area contributed by atoms with Crippen molar-refractivity contribution in [1.29, 1.82) is 0 Å². The predicted octanol–water partition coefficient (Wildman–Crippen LogP) is 4.49. The van der Waals surface area contributed by atoms with Crippen molar-refractivity contribution in [2.45, 2.75) is 64.7 Å². The van der Waals surface area contributed by atoms with Crippen LogP contribution in [0.5, 0.6) is 0 Å². The van der Waals surface area contributed by atoms with Crippen LogP contribution in [0.15, 0.2) is 48.5 Å². The number of hydrogen-bond donors (Lipinski definition) is 2. The molecule has 2 unspecified atom stereocenters. The fourth-order valence-electron chi connectivity index (χ4n) is 3.62. The van der Waals surface area contributed by atoms with Crippen molar-refractivity contribution in [2.75, 3.05) is 0 Å². The Morgan fingerprint density at radius 2 is 1.42 bits per heavy atom. The summed E-state index contributed by atoms with van der Waals surface area (Å²) in [5.74, 6) is 0. The first-order chi connectivity index (χ1) is 11.7. The Bertz CT molecular complexity index is 633. The molecule has 0 heterocycles. The molecule has 0 radical (unpaired) electrons. The number of benzene rings is 2. The lowest BCUT2D eigenvalue weighted by atomic mass is 9.89. The first kappa shape index (κ1) is 17.2. The van der Waals surface area contributed by atoms with E-state index in [1.807, 2.05) is 0 Å². The standard InChI is InChI=1S/C22H30N2/c1-17-11-13-19(14-12-17)15-23-21-9-5-6-10-22(21)24-16-20-8-4-3-7-18(20)2/h3-4,7-8,11-14,21-24H,5-6,9-10,15-16H2,1-2H3. The highest BCUT2D eigenvalue weighted by molar-refractivity contribution is 5.25. The van der Waals surface area contributed by atoms with Crippen molar-refractivity contribution in [2.24, 2.45) is 0 Å². The minimum atomic E-state index is 0.573. The summed E-state index contributed by atoms with van der Waals surface area (Å²) in [6, 6.07) is 18.7. The average molecular weight is 322 g/mol. The Balaban J connectivity index is 1.55. The van der Waals surface area contributed by atoms with E-state index in [-0.39, 0.29) is 0 Å². The van der Waals surface area contributed by atoms with Gasteiger partial charge in [0.15, 0.2) is 0 Å². The van der Waals surface area contributed by atoms with Crippen LogP contribution in [0.3, 0.4) is 0 Å². The number of aryl methyl sites for hydroxylation is 2. The first-order valence-corrected chi connectivity index (χ1v) is 9.29. The van der Waals surface area contributed by atoms with Crippen LogP contribution in [0.4, 0.5) is 0 Å². The van der Waals surface area contributed by atoms with Crippen LogP contribution in [0.2, 0.25) is 0 Å². The summed E-state index contributed by atoms with van der Waals surface area (Å²) in [6.07, 6.45) is 5.23. The SMILES string of the molecule is Cc1ccc(CNC2CCCCC2NCc2ccccc2C)cc1. The molecule has 2 heteroatoms. The van der Waals surface area contributed by atoms with Crippen LogP contribution in [-0.2, 0) is 13.1 Å². The maximum absolute atomic E-state index is 3.81. The van der Waals surface area contributed by atoms with Crippen molar-refractivity contribution in [3.63, 3.8) is 0 Å². The normalized spacial score (nSPS) is 20.9. The summed E-state index contributed by atoms with van der Waals surface area (Å²) in [5.41, 5.74) is 5.50. The third-order valence-electron chi connectivity index (χ3n) is 5.27. The molecule has 0 amide bonds. The van der Waals surface area contributed by atoms with Crippen molar-refractivity contribution < 1.29 is 0 Å². The fourth-order valence-corrected chi connectivity index (χ4v) is 3.62. The highest BCUT2D eigenvalue weighted by atomic mass is 15.0. The molecular weight excluding hydrogens is 292 g/mol. The molecule has 1 aliphatic carbocycles. The molecule has 3 rings (SSSR count). The smallest absolute Gasteiger partial charge is 0.0224 e. The zero-order chi connectivity index (χ0) is 16.8. The van der Waals surface area contributed by atoms with Gasteiger partial charge in [-0.2, -0.15) is 0 Å². The lowest BCUT2D eigenvalue weighted by molar-refractivity contribution is 0.281. The van der Waals surface area contributed by atoms with Crippen LogP contribution >= 0.6 is 0 Å². The largest absolute Gasteiger partial charge is 0.308 e. The van der Waals surface area contributed by atoms with E-state index in [1.54, 1.807) is 0 Å².